The van der Waals surface area contributed by atoms with Crippen LogP contribution in [0.5, 0.6) is 0 Å². The molecule has 0 radical (unpaired) electrons. The van der Waals surface area contributed by atoms with Crippen LogP contribution in [0.25, 0.3) is 17.0 Å². The third kappa shape index (κ3) is 4.50. The van der Waals surface area contributed by atoms with Crippen molar-refractivity contribution in [3.05, 3.63) is 65.4 Å². The van der Waals surface area contributed by atoms with Gasteiger partial charge in [0.15, 0.2) is 5.78 Å². The van der Waals surface area contributed by atoms with E-state index in [1.54, 1.807) is 26.4 Å². The van der Waals surface area contributed by atoms with Crippen LogP contribution >= 0.6 is 0 Å². The van der Waals surface area contributed by atoms with Gasteiger partial charge in [-0.25, -0.2) is 15.8 Å². The third-order valence-corrected chi connectivity index (χ3v) is 4.39. The summed E-state index contributed by atoms with van der Waals surface area (Å²) >= 11 is 0. The van der Waals surface area contributed by atoms with Crippen LogP contribution in [0, 0.1) is 6.92 Å². The molecule has 0 saturated heterocycles. The molecule has 144 valence electrons. The maximum atomic E-state index is 12.0. The molecule has 3 N–H and O–H groups in total. The molecule has 3 aromatic rings. The predicted octanol–water partition coefficient (Wildman–Crippen LogP) is 2.97. The van der Waals surface area contributed by atoms with Gasteiger partial charge in [-0.15, -0.1) is 0 Å². The minimum Gasteiger partial charge on any atom is -0.370 e. The molecule has 0 amide bonds. The van der Waals surface area contributed by atoms with Crippen LogP contribution in [0.4, 0.5) is 5.82 Å². The Bertz CT molecular complexity index is 1030. The minimum atomic E-state index is 0.0601. The Labute approximate surface area is 164 Å². The number of Topliss-reactive ketones (excluding diaryl/α,β-unsaturated/α-hetero) is 1. The van der Waals surface area contributed by atoms with E-state index >= 15 is 0 Å². The largest absolute Gasteiger partial charge is 0.370 e. The molecule has 0 fully saturated rings. The van der Waals surface area contributed by atoms with E-state index in [1.165, 1.54) is 11.3 Å². The molecular weight excluding hydrogens is 352 g/mol. The van der Waals surface area contributed by atoms with Crippen LogP contribution in [0.2, 0.25) is 0 Å². The average molecular weight is 376 g/mol. The summed E-state index contributed by atoms with van der Waals surface area (Å²) in [6.07, 6.45) is 7.58. The lowest BCUT2D eigenvalue weighted by Gasteiger charge is -2.11. The molecule has 1 aromatic carbocycles. The van der Waals surface area contributed by atoms with Crippen molar-refractivity contribution in [3.8, 4) is 0 Å². The van der Waals surface area contributed by atoms with Crippen molar-refractivity contribution in [3.63, 3.8) is 0 Å². The van der Waals surface area contributed by atoms with E-state index in [4.69, 9.17) is 5.84 Å². The van der Waals surface area contributed by atoms with E-state index in [-0.39, 0.29) is 5.78 Å². The van der Waals surface area contributed by atoms with Gasteiger partial charge < -0.3 is 10.3 Å². The highest BCUT2D eigenvalue weighted by molar-refractivity contribution is 6.07. The number of hydrogen-bond donors (Lipinski definition) is 2. The van der Waals surface area contributed by atoms with Crippen LogP contribution in [0.3, 0.4) is 0 Å². The number of aryl methyl sites for hydroxylation is 1. The highest BCUT2D eigenvalue weighted by Gasteiger charge is 2.12. The second kappa shape index (κ2) is 8.58. The number of nitrogens with two attached hydrogens (primary N) is 1. The molecule has 0 aliphatic heterocycles. The Morgan fingerprint density at radius 1 is 1.29 bits per heavy atom. The van der Waals surface area contributed by atoms with Gasteiger partial charge in [0.2, 0.25) is 0 Å². The van der Waals surface area contributed by atoms with E-state index in [9.17, 15) is 4.79 Å². The third-order valence-electron chi connectivity index (χ3n) is 4.39. The summed E-state index contributed by atoms with van der Waals surface area (Å²) in [7, 11) is 1.74. The van der Waals surface area contributed by atoms with Crippen molar-refractivity contribution in [2.75, 3.05) is 18.9 Å². The Morgan fingerprint density at radius 3 is 2.86 bits per heavy atom. The summed E-state index contributed by atoms with van der Waals surface area (Å²) in [6, 6.07) is 7.84. The first kappa shape index (κ1) is 19.4. The van der Waals surface area contributed by atoms with E-state index in [0.717, 1.165) is 45.5 Å². The van der Waals surface area contributed by atoms with Gasteiger partial charge in [0.1, 0.15) is 12.1 Å². The van der Waals surface area contributed by atoms with E-state index < -0.39 is 0 Å². The topological polar surface area (TPSA) is 97.0 Å². The number of nitrogens with zero attached hydrogens (tertiary/aromatic N) is 4. The van der Waals surface area contributed by atoms with Crippen LogP contribution < -0.4 is 11.2 Å². The predicted molar refractivity (Wildman–Crippen MR) is 112 cm³/mol. The lowest BCUT2D eigenvalue weighted by Crippen LogP contribution is -2.18. The molecule has 0 aliphatic carbocycles. The number of ketones is 1. The molecule has 28 heavy (non-hydrogen) atoms. The molecule has 3 rings (SSSR count). The van der Waals surface area contributed by atoms with Gasteiger partial charge in [0.25, 0.3) is 0 Å². The normalized spacial score (nSPS) is 11.1. The van der Waals surface area contributed by atoms with Crippen molar-refractivity contribution in [2.45, 2.75) is 20.3 Å². The number of rotatable bonds is 7. The Kier molecular flexibility index (Phi) is 5.96. The second-order valence-corrected chi connectivity index (χ2v) is 6.67. The van der Waals surface area contributed by atoms with Crippen molar-refractivity contribution >= 4 is 28.6 Å². The lowest BCUT2D eigenvalue weighted by molar-refractivity contribution is 0.101. The molecule has 0 unspecified atom stereocenters. The summed E-state index contributed by atoms with van der Waals surface area (Å²) in [5.41, 5.74) is 4.38. The highest BCUT2D eigenvalue weighted by atomic mass is 16.1. The fraction of sp³-hybridized carbons (Fsp3) is 0.238. The summed E-state index contributed by atoms with van der Waals surface area (Å²) in [5.74, 6) is 6.37. The number of hydrazine groups is 1. The van der Waals surface area contributed by atoms with E-state index in [0.29, 0.717) is 6.54 Å². The Hall–Kier alpha value is -3.32. The molecule has 0 bridgehead atoms. The number of carbonyl (C=O) groups excluding carboxylic acids is 1. The summed E-state index contributed by atoms with van der Waals surface area (Å²) < 4.78 is 0. The Morgan fingerprint density at radius 2 is 2.11 bits per heavy atom. The molecule has 7 heteroatoms. The maximum absolute atomic E-state index is 12.0. The number of carbonyl (C=O) groups is 1. The highest BCUT2D eigenvalue weighted by Crippen LogP contribution is 2.24. The van der Waals surface area contributed by atoms with Gasteiger partial charge in [-0.3, -0.25) is 9.78 Å². The van der Waals surface area contributed by atoms with Crippen LogP contribution in [-0.2, 0) is 6.42 Å². The van der Waals surface area contributed by atoms with Crippen LogP contribution in [0.15, 0.2) is 43.0 Å². The van der Waals surface area contributed by atoms with E-state index in [1.807, 2.05) is 37.3 Å². The zero-order chi connectivity index (χ0) is 20.1. The van der Waals surface area contributed by atoms with Crippen LogP contribution in [-0.4, -0.2) is 39.3 Å². The fourth-order valence-electron chi connectivity index (χ4n) is 3.13. The van der Waals surface area contributed by atoms with Gasteiger partial charge >= 0.3 is 0 Å². The molecule has 0 spiro atoms. The van der Waals surface area contributed by atoms with Crippen LogP contribution in [0.1, 0.15) is 34.1 Å². The van der Waals surface area contributed by atoms with Crippen molar-refractivity contribution in [2.24, 2.45) is 5.84 Å². The molecule has 2 aromatic heterocycles. The fourth-order valence-corrected chi connectivity index (χ4v) is 3.13. The standard InChI is InChI=1S/C21H24N6O/c1-14-12-24-21-16(5-4-6-18(21)20(14)15(2)28)7-9-23-19-11-17(25-13-26-19)8-10-27(3)22/h4-6,8,10-13H,7,9,22H2,1-3H3,(H,23,25,26)/b10-8+. The minimum absolute atomic E-state index is 0.0601. The molecule has 0 aliphatic rings. The number of benzene rings is 1. The lowest BCUT2D eigenvalue weighted by atomic mass is 9.98. The monoisotopic (exact) mass is 376 g/mol. The first-order valence-corrected chi connectivity index (χ1v) is 9.05. The zero-order valence-corrected chi connectivity index (χ0v) is 16.3. The van der Waals surface area contributed by atoms with Gasteiger partial charge in [-0.1, -0.05) is 18.2 Å². The smallest absolute Gasteiger partial charge is 0.160 e. The first-order valence-electron chi connectivity index (χ1n) is 9.05. The van der Waals surface area contributed by atoms with Gasteiger partial charge in [-0.05, 0) is 37.5 Å². The van der Waals surface area contributed by atoms with Gasteiger partial charge in [-0.2, -0.15) is 0 Å². The molecule has 0 atom stereocenters. The zero-order valence-electron chi connectivity index (χ0n) is 16.3. The summed E-state index contributed by atoms with van der Waals surface area (Å²) in [4.78, 5) is 25.1. The number of anilines is 1. The number of nitrogens with one attached hydrogen (secondary N) is 1. The summed E-state index contributed by atoms with van der Waals surface area (Å²) in [5, 5.41) is 5.68. The second-order valence-electron chi connectivity index (χ2n) is 6.67. The number of pyridine rings is 1. The quantitative estimate of drug-likeness (QED) is 0.372. The SMILES string of the molecule is CC(=O)c1c(C)cnc2c(CCNc3cc(/C=C/N(C)N)ncn3)cccc12. The van der Waals surface area contributed by atoms with Gasteiger partial charge in [0, 0.05) is 43.0 Å². The molecular formula is C21H24N6O. The number of fused-ring (bicyclic) bond motifs is 1. The van der Waals surface area contributed by atoms with Crippen molar-refractivity contribution in [1.29, 1.82) is 0 Å². The average Bonchev–Trinajstić information content (AvgIpc) is 2.66. The van der Waals surface area contributed by atoms with Crippen molar-refractivity contribution < 1.29 is 4.79 Å². The van der Waals surface area contributed by atoms with Crippen molar-refractivity contribution in [1.82, 2.24) is 20.0 Å². The number of aromatic nitrogens is 3. The molecule has 0 saturated carbocycles. The maximum Gasteiger partial charge on any atom is 0.160 e. The molecule has 2 heterocycles. The summed E-state index contributed by atoms with van der Waals surface area (Å²) in [6.45, 7) is 4.20. The van der Waals surface area contributed by atoms with Gasteiger partial charge in [0.05, 0.1) is 11.2 Å². The number of para-hydroxylation sites is 1. The first-order chi connectivity index (χ1) is 13.5. The number of hydrogen-bond acceptors (Lipinski definition) is 7. The van der Waals surface area contributed by atoms with E-state index in [2.05, 4.69) is 20.3 Å². The molecule has 7 nitrogen and oxygen atoms in total. The Balaban J connectivity index is 1.75.